The number of rotatable bonds is 4. The highest BCUT2D eigenvalue weighted by atomic mass is 16.5. The Kier molecular flexibility index (Phi) is 4.19. The summed E-state index contributed by atoms with van der Waals surface area (Å²) in [4.78, 5) is 1.95. The molecule has 0 unspecified atom stereocenters. The molecule has 0 saturated heterocycles. The minimum Gasteiger partial charge on any atom is -0.472 e. The van der Waals surface area contributed by atoms with E-state index in [9.17, 15) is 0 Å². The molecule has 0 amide bonds. The molecule has 0 fully saturated rings. The maximum absolute atomic E-state index is 4.85. The third-order valence-corrected chi connectivity index (χ3v) is 1.37. The summed E-state index contributed by atoms with van der Waals surface area (Å²) < 4.78 is 4.85. The topological polar surface area (TPSA) is 12.5 Å². The maximum atomic E-state index is 4.85. The first kappa shape index (κ1) is 10.8. The molecule has 0 aromatic carbocycles. The molecular formula is C10H17NO. The zero-order valence-electron chi connectivity index (χ0n) is 8.08. The van der Waals surface area contributed by atoms with Gasteiger partial charge in [0.15, 0.2) is 0 Å². The van der Waals surface area contributed by atoms with Crippen molar-refractivity contribution in [3.05, 3.63) is 38.1 Å². The molecule has 0 spiro atoms. The van der Waals surface area contributed by atoms with Gasteiger partial charge in [-0.15, -0.1) is 0 Å². The van der Waals surface area contributed by atoms with Gasteiger partial charge in [-0.1, -0.05) is 13.2 Å². The highest BCUT2D eigenvalue weighted by molar-refractivity contribution is 4.93. The Morgan fingerprint density at radius 3 is 2.17 bits per heavy atom. The van der Waals surface area contributed by atoms with Gasteiger partial charge in [0.25, 0.3) is 0 Å². The van der Waals surface area contributed by atoms with Crippen LogP contribution in [-0.4, -0.2) is 10.4 Å². The predicted molar refractivity (Wildman–Crippen MR) is 52.2 cm³/mol. The molecule has 2 nitrogen and oxygen atoms in total. The molecule has 0 saturated carbocycles. The second kappa shape index (κ2) is 4.65. The van der Waals surface area contributed by atoms with E-state index in [1.807, 2.05) is 11.1 Å². The molecule has 2 heteroatoms. The first-order valence-electron chi connectivity index (χ1n) is 3.86. The molecule has 0 aliphatic rings. The Morgan fingerprint density at radius 2 is 1.83 bits per heavy atom. The minimum atomic E-state index is 0.0305. The van der Waals surface area contributed by atoms with Crippen molar-refractivity contribution < 1.29 is 4.74 Å². The Morgan fingerprint density at radius 1 is 1.25 bits per heavy atom. The Balaban J connectivity index is 4.17. The summed E-state index contributed by atoms with van der Waals surface area (Å²) >= 11 is 0. The van der Waals surface area contributed by atoms with Gasteiger partial charge in [-0.3, -0.25) is 0 Å². The van der Waals surface area contributed by atoms with Crippen molar-refractivity contribution in [3.8, 4) is 0 Å². The maximum Gasteiger partial charge on any atom is 0.106 e. The lowest BCUT2D eigenvalue weighted by atomic mass is 10.1. The van der Waals surface area contributed by atoms with Gasteiger partial charge < -0.3 is 9.64 Å². The SMILES string of the molecule is C=CO/C=C\N(C=C)C(C)(C)C. The van der Waals surface area contributed by atoms with Crippen LogP contribution in [0.25, 0.3) is 0 Å². The average molecular weight is 167 g/mol. The fourth-order valence-corrected chi connectivity index (χ4v) is 0.715. The van der Waals surface area contributed by atoms with Gasteiger partial charge in [0.2, 0.25) is 0 Å². The Hall–Kier alpha value is -1.18. The first-order valence-corrected chi connectivity index (χ1v) is 3.86. The van der Waals surface area contributed by atoms with Crippen LogP contribution in [0, 0.1) is 0 Å². The summed E-state index contributed by atoms with van der Waals surface area (Å²) in [5.74, 6) is 0. The average Bonchev–Trinajstić information content (AvgIpc) is 1.95. The molecule has 0 heterocycles. The third kappa shape index (κ3) is 3.86. The number of ether oxygens (including phenoxy) is 1. The van der Waals surface area contributed by atoms with E-state index < -0.39 is 0 Å². The molecule has 0 N–H and O–H groups in total. The summed E-state index contributed by atoms with van der Waals surface area (Å²) in [6, 6.07) is 0. The largest absolute Gasteiger partial charge is 0.472 e. The fourth-order valence-electron chi connectivity index (χ4n) is 0.715. The molecule has 0 rings (SSSR count). The smallest absolute Gasteiger partial charge is 0.106 e. The van der Waals surface area contributed by atoms with Crippen molar-refractivity contribution in [3.63, 3.8) is 0 Å². The molecule has 0 aliphatic carbocycles. The van der Waals surface area contributed by atoms with Crippen molar-refractivity contribution in [1.29, 1.82) is 0 Å². The summed E-state index contributed by atoms with van der Waals surface area (Å²) in [6.45, 7) is 13.4. The van der Waals surface area contributed by atoms with Crippen molar-refractivity contribution >= 4 is 0 Å². The van der Waals surface area contributed by atoms with Gasteiger partial charge in [0.05, 0.1) is 6.26 Å². The van der Waals surface area contributed by atoms with E-state index in [0.717, 1.165) is 0 Å². The van der Waals surface area contributed by atoms with Crippen LogP contribution in [-0.2, 0) is 4.74 Å². The number of nitrogens with zero attached hydrogens (tertiary/aromatic N) is 1. The lowest BCUT2D eigenvalue weighted by Gasteiger charge is -2.30. The Bertz CT molecular complexity index is 177. The lowest BCUT2D eigenvalue weighted by Crippen LogP contribution is -2.32. The molecule has 12 heavy (non-hydrogen) atoms. The van der Waals surface area contributed by atoms with Crippen LogP contribution in [0.15, 0.2) is 38.1 Å². The standard InChI is InChI=1S/C10H17NO/c1-6-11(10(3,4)5)8-9-12-7-2/h6-9H,1-2H2,3-5H3/b9-8-. The van der Waals surface area contributed by atoms with Crippen LogP contribution in [0.5, 0.6) is 0 Å². The Labute approximate surface area is 74.8 Å². The zero-order chi connectivity index (χ0) is 9.61. The predicted octanol–water partition coefficient (Wildman–Crippen LogP) is 2.86. The minimum absolute atomic E-state index is 0.0305. The van der Waals surface area contributed by atoms with E-state index >= 15 is 0 Å². The van der Waals surface area contributed by atoms with E-state index in [1.165, 1.54) is 6.26 Å². The second-order valence-corrected chi connectivity index (χ2v) is 3.35. The van der Waals surface area contributed by atoms with E-state index in [2.05, 4.69) is 33.9 Å². The molecule has 0 aromatic rings. The van der Waals surface area contributed by atoms with Gasteiger partial charge in [0, 0.05) is 11.7 Å². The fraction of sp³-hybridized carbons (Fsp3) is 0.400. The molecule has 0 aliphatic heterocycles. The highest BCUT2D eigenvalue weighted by Gasteiger charge is 2.14. The molecule has 0 aromatic heterocycles. The lowest BCUT2D eigenvalue weighted by molar-refractivity contribution is 0.270. The summed E-state index contributed by atoms with van der Waals surface area (Å²) in [6.07, 6.45) is 6.51. The van der Waals surface area contributed by atoms with Gasteiger partial charge >= 0.3 is 0 Å². The normalized spacial score (nSPS) is 11.2. The van der Waals surface area contributed by atoms with Crippen molar-refractivity contribution in [2.75, 3.05) is 0 Å². The van der Waals surface area contributed by atoms with Crippen molar-refractivity contribution in [2.45, 2.75) is 26.3 Å². The quantitative estimate of drug-likeness (QED) is 0.597. The van der Waals surface area contributed by atoms with E-state index in [1.54, 1.807) is 12.5 Å². The molecule has 0 radical (unpaired) electrons. The monoisotopic (exact) mass is 167 g/mol. The first-order chi connectivity index (χ1) is 5.52. The summed E-state index contributed by atoms with van der Waals surface area (Å²) in [5.41, 5.74) is 0.0305. The number of hydrogen-bond acceptors (Lipinski definition) is 2. The van der Waals surface area contributed by atoms with Crippen LogP contribution in [0.4, 0.5) is 0 Å². The van der Waals surface area contributed by atoms with Crippen LogP contribution in [0.2, 0.25) is 0 Å². The highest BCUT2D eigenvalue weighted by Crippen LogP contribution is 2.13. The second-order valence-electron chi connectivity index (χ2n) is 3.35. The number of hydrogen-bond donors (Lipinski definition) is 0. The van der Waals surface area contributed by atoms with Crippen LogP contribution in [0.1, 0.15) is 20.8 Å². The van der Waals surface area contributed by atoms with Gasteiger partial charge in [-0.2, -0.15) is 0 Å². The van der Waals surface area contributed by atoms with Gasteiger partial charge in [0.1, 0.15) is 6.26 Å². The van der Waals surface area contributed by atoms with Crippen LogP contribution in [0.3, 0.4) is 0 Å². The van der Waals surface area contributed by atoms with Crippen LogP contribution < -0.4 is 0 Å². The van der Waals surface area contributed by atoms with Crippen LogP contribution >= 0.6 is 0 Å². The van der Waals surface area contributed by atoms with Crippen molar-refractivity contribution in [1.82, 2.24) is 4.90 Å². The molecule has 0 atom stereocenters. The third-order valence-electron chi connectivity index (χ3n) is 1.37. The van der Waals surface area contributed by atoms with E-state index in [0.29, 0.717) is 0 Å². The van der Waals surface area contributed by atoms with Crippen molar-refractivity contribution in [2.24, 2.45) is 0 Å². The molecule has 68 valence electrons. The van der Waals surface area contributed by atoms with E-state index in [4.69, 9.17) is 4.74 Å². The summed E-state index contributed by atoms with van der Waals surface area (Å²) in [5, 5.41) is 0. The van der Waals surface area contributed by atoms with Gasteiger partial charge in [-0.25, -0.2) is 0 Å². The molecule has 0 bridgehead atoms. The summed E-state index contributed by atoms with van der Waals surface area (Å²) in [7, 11) is 0. The van der Waals surface area contributed by atoms with Gasteiger partial charge in [-0.05, 0) is 27.0 Å². The van der Waals surface area contributed by atoms with E-state index in [-0.39, 0.29) is 5.54 Å². The molecular weight excluding hydrogens is 150 g/mol. The zero-order valence-corrected chi connectivity index (χ0v) is 8.08.